The Morgan fingerprint density at radius 3 is 2.56 bits per heavy atom. The molecule has 0 unspecified atom stereocenters. The number of rotatable bonds is 0. The lowest BCUT2D eigenvalue weighted by atomic mass is 9.99. The van der Waals surface area contributed by atoms with Crippen LogP contribution in [0.1, 0.15) is 26.7 Å². The standard InChI is InChI=1S/C7H13IO/c1-7(2)5-6(8)3-4-9-7/h6H,3-5H2,1-2H3/t6-/m0/s1. The summed E-state index contributed by atoms with van der Waals surface area (Å²) in [6, 6.07) is 0. The number of ether oxygens (including phenoxy) is 1. The Labute approximate surface area is 70.3 Å². The van der Waals surface area contributed by atoms with Crippen molar-refractivity contribution < 1.29 is 4.74 Å². The van der Waals surface area contributed by atoms with Gasteiger partial charge in [-0.15, -0.1) is 0 Å². The molecule has 54 valence electrons. The largest absolute Gasteiger partial charge is 0.375 e. The van der Waals surface area contributed by atoms with Crippen molar-refractivity contribution >= 4 is 22.6 Å². The predicted octanol–water partition coefficient (Wildman–Crippen LogP) is 2.38. The lowest BCUT2D eigenvalue weighted by molar-refractivity contribution is -0.0467. The highest BCUT2D eigenvalue weighted by Gasteiger charge is 2.26. The molecule has 1 heterocycles. The van der Waals surface area contributed by atoms with Gasteiger partial charge >= 0.3 is 0 Å². The van der Waals surface area contributed by atoms with Crippen LogP contribution in [-0.4, -0.2) is 16.1 Å². The molecule has 0 amide bonds. The van der Waals surface area contributed by atoms with Gasteiger partial charge in [0.15, 0.2) is 0 Å². The lowest BCUT2D eigenvalue weighted by Gasteiger charge is -2.32. The van der Waals surface area contributed by atoms with Crippen LogP contribution in [0.3, 0.4) is 0 Å². The van der Waals surface area contributed by atoms with Crippen LogP contribution >= 0.6 is 22.6 Å². The maximum absolute atomic E-state index is 5.53. The first-order valence-electron chi connectivity index (χ1n) is 3.38. The van der Waals surface area contributed by atoms with E-state index in [4.69, 9.17) is 4.74 Å². The van der Waals surface area contributed by atoms with Gasteiger partial charge in [-0.2, -0.15) is 0 Å². The Bertz CT molecular complexity index is 101. The summed E-state index contributed by atoms with van der Waals surface area (Å²) < 4.78 is 6.36. The van der Waals surface area contributed by atoms with Crippen LogP contribution in [-0.2, 0) is 4.74 Å². The van der Waals surface area contributed by atoms with E-state index in [2.05, 4.69) is 36.4 Å². The maximum Gasteiger partial charge on any atom is 0.0636 e. The van der Waals surface area contributed by atoms with Crippen molar-refractivity contribution in [1.82, 2.24) is 0 Å². The second kappa shape index (κ2) is 2.74. The molecule has 1 atom stereocenters. The zero-order chi connectivity index (χ0) is 6.91. The van der Waals surface area contributed by atoms with Gasteiger partial charge in [0.2, 0.25) is 0 Å². The SMILES string of the molecule is CC1(C)C[C@@H](I)CCO1. The van der Waals surface area contributed by atoms with Gasteiger partial charge in [0.25, 0.3) is 0 Å². The molecule has 1 aliphatic rings. The fourth-order valence-corrected chi connectivity index (χ4v) is 2.47. The van der Waals surface area contributed by atoms with Gasteiger partial charge in [-0.25, -0.2) is 0 Å². The second-order valence-electron chi connectivity index (χ2n) is 3.20. The van der Waals surface area contributed by atoms with E-state index >= 15 is 0 Å². The number of alkyl halides is 1. The van der Waals surface area contributed by atoms with E-state index in [9.17, 15) is 0 Å². The zero-order valence-electron chi connectivity index (χ0n) is 5.98. The van der Waals surface area contributed by atoms with E-state index in [0.29, 0.717) is 0 Å². The molecule has 0 bridgehead atoms. The first-order chi connectivity index (χ1) is 4.10. The minimum atomic E-state index is 0.143. The van der Waals surface area contributed by atoms with Gasteiger partial charge in [0.1, 0.15) is 0 Å². The van der Waals surface area contributed by atoms with Gasteiger partial charge in [-0.1, -0.05) is 22.6 Å². The van der Waals surface area contributed by atoms with Gasteiger partial charge in [0.05, 0.1) is 5.60 Å². The molecule has 0 spiro atoms. The third kappa shape index (κ3) is 2.42. The maximum atomic E-state index is 5.53. The van der Waals surface area contributed by atoms with Crippen LogP contribution in [0.15, 0.2) is 0 Å². The topological polar surface area (TPSA) is 9.23 Å². The molecule has 0 saturated carbocycles. The first kappa shape index (κ1) is 7.79. The number of hydrogen-bond donors (Lipinski definition) is 0. The van der Waals surface area contributed by atoms with Gasteiger partial charge in [0, 0.05) is 10.5 Å². The van der Waals surface area contributed by atoms with Crippen LogP contribution in [0, 0.1) is 0 Å². The van der Waals surface area contributed by atoms with E-state index in [0.717, 1.165) is 10.5 Å². The molecular formula is C7H13IO. The van der Waals surface area contributed by atoms with E-state index in [1.807, 2.05) is 0 Å². The van der Waals surface area contributed by atoms with Crippen LogP contribution in [0.4, 0.5) is 0 Å². The average molecular weight is 240 g/mol. The molecule has 0 aromatic heterocycles. The molecular weight excluding hydrogens is 227 g/mol. The highest BCUT2D eigenvalue weighted by atomic mass is 127. The quantitative estimate of drug-likeness (QED) is 0.466. The summed E-state index contributed by atoms with van der Waals surface area (Å²) in [7, 11) is 0. The highest BCUT2D eigenvalue weighted by Crippen LogP contribution is 2.28. The molecule has 9 heavy (non-hydrogen) atoms. The van der Waals surface area contributed by atoms with Crippen molar-refractivity contribution in [2.24, 2.45) is 0 Å². The average Bonchev–Trinajstić information content (AvgIpc) is 1.60. The monoisotopic (exact) mass is 240 g/mol. The zero-order valence-corrected chi connectivity index (χ0v) is 8.14. The van der Waals surface area contributed by atoms with Crippen molar-refractivity contribution in [1.29, 1.82) is 0 Å². The lowest BCUT2D eigenvalue weighted by Crippen LogP contribution is -2.33. The molecule has 1 rings (SSSR count). The Balaban J connectivity index is 2.41. The summed E-state index contributed by atoms with van der Waals surface area (Å²) in [6.07, 6.45) is 2.43. The van der Waals surface area contributed by atoms with Crippen LogP contribution in [0.2, 0.25) is 0 Å². The van der Waals surface area contributed by atoms with Crippen molar-refractivity contribution in [3.8, 4) is 0 Å². The van der Waals surface area contributed by atoms with Gasteiger partial charge in [-0.05, 0) is 26.7 Å². The predicted molar refractivity (Wildman–Crippen MR) is 47.1 cm³/mol. The fourth-order valence-electron chi connectivity index (χ4n) is 1.16. The van der Waals surface area contributed by atoms with Crippen molar-refractivity contribution in [3.63, 3.8) is 0 Å². The van der Waals surface area contributed by atoms with E-state index < -0.39 is 0 Å². The number of hydrogen-bond acceptors (Lipinski definition) is 1. The van der Waals surface area contributed by atoms with Crippen LogP contribution < -0.4 is 0 Å². The fraction of sp³-hybridized carbons (Fsp3) is 1.00. The first-order valence-corrected chi connectivity index (χ1v) is 4.63. The summed E-state index contributed by atoms with van der Waals surface area (Å²) in [6.45, 7) is 5.27. The molecule has 0 aromatic carbocycles. The van der Waals surface area contributed by atoms with Crippen molar-refractivity contribution in [3.05, 3.63) is 0 Å². The second-order valence-corrected chi connectivity index (χ2v) is 4.96. The molecule has 0 N–H and O–H groups in total. The molecule has 0 aliphatic carbocycles. The molecule has 1 aliphatic heterocycles. The summed E-state index contributed by atoms with van der Waals surface area (Å²) in [4.78, 5) is 0. The summed E-state index contributed by atoms with van der Waals surface area (Å²) in [5, 5.41) is 0. The minimum absolute atomic E-state index is 0.143. The third-order valence-corrected chi connectivity index (χ3v) is 2.70. The van der Waals surface area contributed by atoms with Gasteiger partial charge < -0.3 is 4.74 Å². The normalized spacial score (nSPS) is 34.3. The molecule has 1 saturated heterocycles. The summed E-state index contributed by atoms with van der Waals surface area (Å²) in [5.41, 5.74) is 0.143. The van der Waals surface area contributed by atoms with E-state index in [1.165, 1.54) is 12.8 Å². The molecule has 1 nitrogen and oxygen atoms in total. The number of halogens is 1. The smallest absolute Gasteiger partial charge is 0.0636 e. The highest BCUT2D eigenvalue weighted by molar-refractivity contribution is 14.1. The van der Waals surface area contributed by atoms with Crippen molar-refractivity contribution in [2.45, 2.75) is 36.2 Å². The molecule has 0 radical (unpaired) electrons. The molecule has 1 fully saturated rings. The Morgan fingerprint density at radius 2 is 2.22 bits per heavy atom. The van der Waals surface area contributed by atoms with Gasteiger partial charge in [-0.3, -0.25) is 0 Å². The Kier molecular flexibility index (Phi) is 2.37. The van der Waals surface area contributed by atoms with Crippen LogP contribution in [0.25, 0.3) is 0 Å². The van der Waals surface area contributed by atoms with E-state index in [1.54, 1.807) is 0 Å². The molecule has 2 heteroatoms. The van der Waals surface area contributed by atoms with Crippen molar-refractivity contribution in [2.75, 3.05) is 6.61 Å². The summed E-state index contributed by atoms with van der Waals surface area (Å²) >= 11 is 2.50. The van der Waals surface area contributed by atoms with E-state index in [-0.39, 0.29) is 5.60 Å². The molecule has 0 aromatic rings. The summed E-state index contributed by atoms with van der Waals surface area (Å²) in [5.74, 6) is 0. The minimum Gasteiger partial charge on any atom is -0.375 e. The van der Waals surface area contributed by atoms with Crippen LogP contribution in [0.5, 0.6) is 0 Å². The Morgan fingerprint density at radius 1 is 1.56 bits per heavy atom. The Hall–Kier alpha value is 0.690. The third-order valence-electron chi connectivity index (χ3n) is 1.64.